The van der Waals surface area contributed by atoms with Gasteiger partial charge >= 0.3 is 5.97 Å². The quantitative estimate of drug-likeness (QED) is 0.617. The summed E-state index contributed by atoms with van der Waals surface area (Å²) in [6.07, 6.45) is -0.909. The first-order chi connectivity index (χ1) is 9.49. The van der Waals surface area contributed by atoms with Crippen LogP contribution in [0.3, 0.4) is 0 Å². The van der Waals surface area contributed by atoms with Crippen LogP contribution < -0.4 is 0 Å². The van der Waals surface area contributed by atoms with Crippen LogP contribution in [0.25, 0.3) is 0 Å². The fraction of sp³-hybridized carbons (Fsp3) is 0.533. The number of benzene rings is 1. The summed E-state index contributed by atoms with van der Waals surface area (Å²) >= 11 is 0. The zero-order chi connectivity index (χ0) is 16.3. The number of hydrogen-bond donors (Lipinski definition) is 0. The van der Waals surface area contributed by atoms with Crippen molar-refractivity contribution in [3.8, 4) is 0 Å². The van der Waals surface area contributed by atoms with Gasteiger partial charge in [-0.15, -0.1) is 0 Å². The molecule has 0 amide bonds. The molecule has 1 rings (SSSR count). The third kappa shape index (κ3) is 6.27. The zero-order valence-electron chi connectivity index (χ0n) is 13.0. The second kappa shape index (κ2) is 6.58. The van der Waals surface area contributed by atoms with Crippen LogP contribution in [0.1, 0.15) is 39.7 Å². The lowest BCUT2D eigenvalue weighted by Crippen LogP contribution is -2.27. The van der Waals surface area contributed by atoms with Crippen molar-refractivity contribution in [1.29, 1.82) is 0 Å². The predicted molar refractivity (Wildman–Crippen MR) is 79.4 cm³/mol. The largest absolute Gasteiger partial charge is 0.460 e. The van der Waals surface area contributed by atoms with Crippen molar-refractivity contribution in [2.45, 2.75) is 57.6 Å². The van der Waals surface area contributed by atoms with Crippen LogP contribution in [0.5, 0.6) is 0 Å². The summed E-state index contributed by atoms with van der Waals surface area (Å²) in [5.41, 5.74) is 0.350. The Morgan fingerprint density at radius 3 is 2.19 bits per heavy atom. The van der Waals surface area contributed by atoms with Gasteiger partial charge in [0.1, 0.15) is 5.60 Å². The van der Waals surface area contributed by atoms with Crippen molar-refractivity contribution in [3.63, 3.8) is 0 Å². The van der Waals surface area contributed by atoms with Crippen LogP contribution in [-0.2, 0) is 23.8 Å². The topological polar surface area (TPSA) is 69.7 Å². The lowest BCUT2D eigenvalue weighted by Gasteiger charge is -2.20. The molecule has 0 fully saturated rings. The van der Waals surface area contributed by atoms with Gasteiger partial charge in [-0.1, -0.05) is 17.7 Å². The molecular weight excluding hydrogens is 292 g/mol. The first-order valence-electron chi connectivity index (χ1n) is 6.71. The van der Waals surface area contributed by atoms with E-state index in [4.69, 9.17) is 8.92 Å². The molecule has 1 aromatic carbocycles. The molecular formula is C15H22O5S. The maximum absolute atomic E-state index is 12.0. The third-order valence-electron chi connectivity index (χ3n) is 2.47. The molecule has 0 aliphatic heterocycles. The lowest BCUT2D eigenvalue weighted by atomic mass is 10.2. The fourth-order valence-electron chi connectivity index (χ4n) is 1.63. The highest BCUT2D eigenvalue weighted by atomic mass is 32.2. The van der Waals surface area contributed by atoms with E-state index >= 15 is 0 Å². The molecule has 0 aliphatic carbocycles. The van der Waals surface area contributed by atoms with E-state index < -0.39 is 27.8 Å². The molecule has 0 aromatic heterocycles. The Kier molecular flexibility index (Phi) is 5.53. The smallest absolute Gasteiger partial charge is 0.308 e. The van der Waals surface area contributed by atoms with Crippen LogP contribution in [0.15, 0.2) is 29.2 Å². The number of ether oxygens (including phenoxy) is 1. The Bertz CT molecular complexity index is 581. The van der Waals surface area contributed by atoms with Gasteiger partial charge in [-0.3, -0.25) is 8.98 Å². The maximum Gasteiger partial charge on any atom is 0.308 e. The second-order valence-corrected chi connectivity index (χ2v) is 7.54. The summed E-state index contributed by atoms with van der Waals surface area (Å²) in [5, 5.41) is 0. The fourth-order valence-corrected chi connectivity index (χ4v) is 2.71. The number of rotatable bonds is 5. The van der Waals surface area contributed by atoms with Crippen LogP contribution in [0.4, 0.5) is 0 Å². The van der Waals surface area contributed by atoms with Gasteiger partial charge in [-0.2, -0.15) is 8.42 Å². The highest BCUT2D eigenvalue weighted by molar-refractivity contribution is 7.86. The molecule has 0 heterocycles. The van der Waals surface area contributed by atoms with Crippen LogP contribution >= 0.6 is 0 Å². The molecule has 118 valence electrons. The Hall–Kier alpha value is -1.40. The Morgan fingerprint density at radius 1 is 1.19 bits per heavy atom. The minimum Gasteiger partial charge on any atom is -0.460 e. The van der Waals surface area contributed by atoms with E-state index in [-0.39, 0.29) is 11.3 Å². The molecule has 0 unspecified atom stereocenters. The van der Waals surface area contributed by atoms with Gasteiger partial charge in [0.15, 0.2) is 0 Å². The second-order valence-electron chi connectivity index (χ2n) is 5.96. The van der Waals surface area contributed by atoms with Gasteiger partial charge in [-0.25, -0.2) is 0 Å². The molecule has 5 nitrogen and oxygen atoms in total. The third-order valence-corrected chi connectivity index (χ3v) is 3.91. The van der Waals surface area contributed by atoms with Gasteiger partial charge in [0.25, 0.3) is 10.1 Å². The van der Waals surface area contributed by atoms with Gasteiger partial charge in [0.2, 0.25) is 0 Å². The highest BCUT2D eigenvalue weighted by Gasteiger charge is 2.23. The summed E-state index contributed by atoms with van der Waals surface area (Å²) in [4.78, 5) is 11.7. The Balaban J connectivity index is 2.67. The summed E-state index contributed by atoms with van der Waals surface area (Å²) in [5.74, 6) is -0.492. The number of esters is 1. The summed E-state index contributed by atoms with van der Waals surface area (Å²) in [6.45, 7) is 8.64. The molecule has 0 aliphatic rings. The van der Waals surface area contributed by atoms with Crippen molar-refractivity contribution >= 4 is 16.1 Å². The molecule has 21 heavy (non-hydrogen) atoms. The standard InChI is InChI=1S/C15H22O5S/c1-11-6-8-13(9-7-11)21(17,18)20-12(2)10-14(16)19-15(3,4)5/h6-9,12H,10H2,1-5H3/t12-/m1/s1. The first-order valence-corrected chi connectivity index (χ1v) is 8.12. The molecule has 0 bridgehead atoms. The number of carbonyl (C=O) groups is 1. The minimum absolute atomic E-state index is 0.0733. The summed E-state index contributed by atoms with van der Waals surface area (Å²) in [7, 11) is -3.87. The normalized spacial score (nSPS) is 13.8. The molecule has 0 saturated heterocycles. The number of aryl methyl sites for hydroxylation is 1. The van der Waals surface area contributed by atoms with Crippen LogP contribution in [0.2, 0.25) is 0 Å². The Labute approximate surface area is 126 Å². The Morgan fingerprint density at radius 2 is 1.71 bits per heavy atom. The monoisotopic (exact) mass is 314 g/mol. The van der Waals surface area contributed by atoms with Gasteiger partial charge in [0.05, 0.1) is 17.4 Å². The van der Waals surface area contributed by atoms with Crippen LogP contribution in [-0.4, -0.2) is 26.1 Å². The van der Waals surface area contributed by atoms with E-state index in [1.165, 1.54) is 19.1 Å². The van der Waals surface area contributed by atoms with E-state index in [1.807, 2.05) is 6.92 Å². The SMILES string of the molecule is Cc1ccc(S(=O)(=O)O[C@H](C)CC(=O)OC(C)(C)C)cc1. The van der Waals surface area contributed by atoms with Crippen molar-refractivity contribution in [2.24, 2.45) is 0 Å². The minimum atomic E-state index is -3.87. The van der Waals surface area contributed by atoms with Crippen molar-refractivity contribution in [2.75, 3.05) is 0 Å². The maximum atomic E-state index is 12.0. The van der Waals surface area contributed by atoms with Crippen molar-refractivity contribution < 1.29 is 22.1 Å². The highest BCUT2D eigenvalue weighted by Crippen LogP contribution is 2.17. The average Bonchev–Trinajstić information content (AvgIpc) is 2.25. The van der Waals surface area contributed by atoms with E-state index in [2.05, 4.69) is 0 Å². The van der Waals surface area contributed by atoms with E-state index in [9.17, 15) is 13.2 Å². The van der Waals surface area contributed by atoms with Crippen molar-refractivity contribution in [1.82, 2.24) is 0 Å². The zero-order valence-corrected chi connectivity index (χ0v) is 13.9. The summed E-state index contributed by atoms with van der Waals surface area (Å²) in [6, 6.07) is 6.33. The molecule has 0 spiro atoms. The van der Waals surface area contributed by atoms with Gasteiger partial charge < -0.3 is 4.74 Å². The molecule has 0 saturated carbocycles. The predicted octanol–water partition coefficient (Wildman–Crippen LogP) is 2.82. The summed E-state index contributed by atoms with van der Waals surface area (Å²) < 4.78 is 34.2. The number of hydrogen-bond acceptors (Lipinski definition) is 5. The average molecular weight is 314 g/mol. The van der Waals surface area contributed by atoms with Gasteiger partial charge in [0, 0.05) is 0 Å². The molecule has 0 radical (unpaired) electrons. The number of carbonyl (C=O) groups excluding carboxylic acids is 1. The van der Waals surface area contributed by atoms with E-state index in [0.717, 1.165) is 5.56 Å². The van der Waals surface area contributed by atoms with Crippen LogP contribution in [0, 0.1) is 6.92 Å². The van der Waals surface area contributed by atoms with E-state index in [0.29, 0.717) is 0 Å². The van der Waals surface area contributed by atoms with E-state index in [1.54, 1.807) is 32.9 Å². The molecule has 0 N–H and O–H groups in total. The van der Waals surface area contributed by atoms with Crippen molar-refractivity contribution in [3.05, 3.63) is 29.8 Å². The first kappa shape index (κ1) is 17.7. The molecule has 1 aromatic rings. The van der Waals surface area contributed by atoms with Gasteiger partial charge in [-0.05, 0) is 46.8 Å². The lowest BCUT2D eigenvalue weighted by molar-refractivity contribution is -0.156. The molecule has 1 atom stereocenters. The molecule has 6 heteroatoms.